The van der Waals surface area contributed by atoms with Crippen molar-refractivity contribution in [2.75, 3.05) is 18.6 Å². The van der Waals surface area contributed by atoms with Crippen LogP contribution in [0.2, 0.25) is 0 Å². The van der Waals surface area contributed by atoms with E-state index in [0.717, 1.165) is 22.7 Å². The summed E-state index contributed by atoms with van der Waals surface area (Å²) in [6.07, 6.45) is 10.9. The molecule has 0 unspecified atom stereocenters. The molecular formula is C31H31BrN2O5. The van der Waals surface area contributed by atoms with Gasteiger partial charge in [0.25, 0.3) is 11.8 Å². The number of barbiturate groups is 1. The van der Waals surface area contributed by atoms with Crippen LogP contribution in [0.1, 0.15) is 49.7 Å². The number of methoxy groups -OCH3 is 1. The highest BCUT2D eigenvalue weighted by Crippen LogP contribution is 2.60. The lowest BCUT2D eigenvalue weighted by molar-refractivity contribution is -0.122. The topological polar surface area (TPSA) is 84.9 Å². The molecule has 0 spiro atoms. The molecule has 0 atom stereocenters. The molecule has 4 bridgehead atoms. The Bertz CT molecular complexity index is 1360. The van der Waals surface area contributed by atoms with Crippen LogP contribution in [-0.4, -0.2) is 31.6 Å². The van der Waals surface area contributed by atoms with E-state index in [4.69, 9.17) is 9.47 Å². The lowest BCUT2D eigenvalue weighted by Gasteiger charge is -2.57. The van der Waals surface area contributed by atoms with Crippen LogP contribution in [0.5, 0.6) is 11.5 Å². The molecule has 202 valence electrons. The highest BCUT2D eigenvalue weighted by molar-refractivity contribution is 9.10. The molecule has 1 aliphatic heterocycles. The average Bonchev–Trinajstić information content (AvgIpc) is 2.90. The zero-order valence-electron chi connectivity index (χ0n) is 21.9. The summed E-state index contributed by atoms with van der Waals surface area (Å²) < 4.78 is 11.7. The Kier molecular flexibility index (Phi) is 6.61. The van der Waals surface area contributed by atoms with Crippen LogP contribution in [0.3, 0.4) is 0 Å². The van der Waals surface area contributed by atoms with E-state index in [9.17, 15) is 14.4 Å². The molecule has 0 aromatic heterocycles. The molecule has 7 rings (SSSR count). The van der Waals surface area contributed by atoms with Gasteiger partial charge in [-0.2, -0.15) is 0 Å². The summed E-state index contributed by atoms with van der Waals surface area (Å²) in [7, 11) is 1.51. The van der Waals surface area contributed by atoms with Crippen molar-refractivity contribution < 1.29 is 23.9 Å². The van der Waals surface area contributed by atoms with Crippen LogP contribution in [0, 0.1) is 17.8 Å². The molecule has 4 aliphatic carbocycles. The number of urea groups is 1. The third-order valence-corrected chi connectivity index (χ3v) is 9.50. The molecule has 5 aliphatic rings. The van der Waals surface area contributed by atoms with Crippen molar-refractivity contribution in [3.63, 3.8) is 0 Å². The minimum Gasteiger partial charge on any atom is -0.493 e. The predicted molar refractivity (Wildman–Crippen MR) is 152 cm³/mol. The normalized spacial score (nSPS) is 28.6. The van der Waals surface area contributed by atoms with E-state index in [-0.39, 0.29) is 11.0 Å². The van der Waals surface area contributed by atoms with Gasteiger partial charge in [0.15, 0.2) is 11.5 Å². The van der Waals surface area contributed by atoms with E-state index < -0.39 is 17.8 Å². The molecule has 7 nitrogen and oxygen atoms in total. The zero-order valence-corrected chi connectivity index (χ0v) is 23.5. The van der Waals surface area contributed by atoms with Gasteiger partial charge >= 0.3 is 6.03 Å². The first-order chi connectivity index (χ1) is 18.8. The number of nitrogens with zero attached hydrogens (tertiary/aromatic N) is 1. The first kappa shape index (κ1) is 25.9. The Hall–Kier alpha value is -3.39. The van der Waals surface area contributed by atoms with Gasteiger partial charge in [0.1, 0.15) is 12.2 Å². The molecule has 0 radical (unpaired) electrons. The fourth-order valence-corrected chi connectivity index (χ4v) is 8.00. The summed E-state index contributed by atoms with van der Waals surface area (Å²) in [5, 5.41) is 2.32. The van der Waals surface area contributed by atoms with Crippen molar-refractivity contribution in [2.45, 2.75) is 43.9 Å². The number of nitrogens with one attached hydrogen (secondary N) is 1. The van der Waals surface area contributed by atoms with Gasteiger partial charge in [-0.3, -0.25) is 14.9 Å². The molecule has 2 aromatic carbocycles. The largest absolute Gasteiger partial charge is 0.493 e. The smallest absolute Gasteiger partial charge is 0.335 e. The van der Waals surface area contributed by atoms with Gasteiger partial charge in [0.05, 0.1) is 12.8 Å². The Balaban J connectivity index is 1.28. The van der Waals surface area contributed by atoms with E-state index in [1.165, 1.54) is 57.3 Å². The van der Waals surface area contributed by atoms with Gasteiger partial charge in [-0.15, -0.1) is 0 Å². The molecule has 4 saturated carbocycles. The van der Waals surface area contributed by atoms with Crippen molar-refractivity contribution in [3.8, 4) is 11.5 Å². The van der Waals surface area contributed by atoms with Gasteiger partial charge in [0, 0.05) is 4.47 Å². The van der Waals surface area contributed by atoms with E-state index >= 15 is 0 Å². The zero-order chi connectivity index (χ0) is 27.3. The maximum atomic E-state index is 13.5. The number of carbonyl (C=O) groups excluding carboxylic acids is 3. The number of rotatable bonds is 7. The standard InChI is InChI=1S/C31H31BrN2O5/c1-3-8-39-27-14-25(32)21(13-26(27)38-2)12-24-28(35)33-30(37)34(29(24)36)23-6-4-22(5-7-23)31-15-18-9-19(16-31)11-20(10-18)17-31/h3-7,12-14,18-20H,1,8-11,15-17H2,2H3,(H,33,35,37)/b24-12+. The second-order valence-corrected chi connectivity index (χ2v) is 12.2. The van der Waals surface area contributed by atoms with Crippen LogP contribution in [-0.2, 0) is 15.0 Å². The molecule has 1 saturated heterocycles. The fraction of sp³-hybridized carbons (Fsp3) is 0.387. The third-order valence-electron chi connectivity index (χ3n) is 8.82. The van der Waals surface area contributed by atoms with Crippen molar-refractivity contribution in [3.05, 3.63) is 70.2 Å². The molecular weight excluding hydrogens is 560 g/mol. The van der Waals surface area contributed by atoms with Gasteiger partial charge in [-0.1, -0.05) is 40.7 Å². The van der Waals surface area contributed by atoms with Crippen molar-refractivity contribution in [1.82, 2.24) is 5.32 Å². The summed E-state index contributed by atoms with van der Waals surface area (Å²) in [4.78, 5) is 40.1. The van der Waals surface area contributed by atoms with Crippen molar-refractivity contribution >= 4 is 45.5 Å². The molecule has 39 heavy (non-hydrogen) atoms. The SMILES string of the molecule is C=CCOc1cc(Br)c(/C=C2\C(=O)NC(=O)N(c3ccc(C45CC6CC(CC(C6)C4)C5)cc3)C2=O)cc1OC. The maximum absolute atomic E-state index is 13.5. The van der Waals surface area contributed by atoms with E-state index in [1.807, 2.05) is 12.1 Å². The molecule has 1 N–H and O–H groups in total. The number of imide groups is 2. The van der Waals surface area contributed by atoms with Crippen LogP contribution >= 0.6 is 15.9 Å². The average molecular weight is 592 g/mol. The molecule has 2 aromatic rings. The van der Waals surface area contributed by atoms with Gasteiger partial charge in [0.2, 0.25) is 0 Å². The predicted octanol–water partition coefficient (Wildman–Crippen LogP) is 6.16. The first-order valence-electron chi connectivity index (χ1n) is 13.4. The summed E-state index contributed by atoms with van der Waals surface area (Å²) in [6.45, 7) is 3.94. The number of halogens is 1. The number of carbonyl (C=O) groups is 3. The fourth-order valence-electron chi connectivity index (χ4n) is 7.56. The van der Waals surface area contributed by atoms with Gasteiger partial charge < -0.3 is 9.47 Å². The van der Waals surface area contributed by atoms with Crippen molar-refractivity contribution in [2.24, 2.45) is 17.8 Å². The number of amides is 4. The second-order valence-electron chi connectivity index (χ2n) is 11.3. The molecule has 5 fully saturated rings. The Morgan fingerprint density at radius 2 is 1.67 bits per heavy atom. The third kappa shape index (κ3) is 4.58. The van der Waals surface area contributed by atoms with E-state index in [0.29, 0.717) is 33.8 Å². The number of hydrogen-bond donors (Lipinski definition) is 1. The van der Waals surface area contributed by atoms with Crippen molar-refractivity contribution in [1.29, 1.82) is 0 Å². The monoisotopic (exact) mass is 590 g/mol. The number of ether oxygens (including phenoxy) is 2. The lowest BCUT2D eigenvalue weighted by atomic mass is 9.48. The van der Waals surface area contributed by atoms with Crippen LogP contribution in [0.4, 0.5) is 10.5 Å². The lowest BCUT2D eigenvalue weighted by Crippen LogP contribution is -2.54. The summed E-state index contributed by atoms with van der Waals surface area (Å²) >= 11 is 3.49. The van der Waals surface area contributed by atoms with Gasteiger partial charge in [-0.25, -0.2) is 9.69 Å². The Morgan fingerprint density at radius 3 is 2.26 bits per heavy atom. The van der Waals surface area contributed by atoms with Crippen LogP contribution in [0.15, 0.2) is 59.1 Å². The Labute approximate surface area is 236 Å². The van der Waals surface area contributed by atoms with Crippen LogP contribution in [0.25, 0.3) is 6.08 Å². The molecule has 1 heterocycles. The number of hydrogen-bond acceptors (Lipinski definition) is 5. The molecule has 4 amide bonds. The molecule has 8 heteroatoms. The highest BCUT2D eigenvalue weighted by atomic mass is 79.9. The summed E-state index contributed by atoms with van der Waals surface area (Å²) in [6, 6.07) is 10.4. The minimum atomic E-state index is -0.755. The summed E-state index contributed by atoms with van der Waals surface area (Å²) in [5.74, 6) is 1.97. The quantitative estimate of drug-likeness (QED) is 0.237. The highest BCUT2D eigenvalue weighted by Gasteiger charge is 2.51. The minimum absolute atomic E-state index is 0.151. The van der Waals surface area contributed by atoms with Gasteiger partial charge in [-0.05, 0) is 103 Å². The Morgan fingerprint density at radius 1 is 1.03 bits per heavy atom. The maximum Gasteiger partial charge on any atom is 0.335 e. The first-order valence-corrected chi connectivity index (χ1v) is 14.2. The van der Waals surface area contributed by atoms with Crippen LogP contribution < -0.4 is 19.7 Å². The number of benzene rings is 2. The summed E-state index contributed by atoms with van der Waals surface area (Å²) in [5.41, 5.74) is 2.34. The number of anilines is 1. The van der Waals surface area contributed by atoms with E-state index in [2.05, 4.69) is 40.0 Å². The second kappa shape index (κ2) is 9.97. The van der Waals surface area contributed by atoms with E-state index in [1.54, 1.807) is 18.2 Å².